The van der Waals surface area contributed by atoms with Crippen LogP contribution in [-0.2, 0) is 11.3 Å². The van der Waals surface area contributed by atoms with E-state index in [1.54, 1.807) is 11.9 Å². The van der Waals surface area contributed by atoms with E-state index in [0.717, 1.165) is 0 Å². The van der Waals surface area contributed by atoms with Gasteiger partial charge in [-0.25, -0.2) is 4.39 Å². The summed E-state index contributed by atoms with van der Waals surface area (Å²) in [5.74, 6) is -0.370. The Hall–Kier alpha value is -1.62. The second-order valence-electron chi connectivity index (χ2n) is 3.97. The smallest absolute Gasteiger partial charge is 0.234 e. The van der Waals surface area contributed by atoms with E-state index in [0.29, 0.717) is 24.3 Å². The molecule has 0 aliphatic carbocycles. The summed E-state index contributed by atoms with van der Waals surface area (Å²) in [4.78, 5) is 13.1. The molecule has 0 saturated carbocycles. The van der Waals surface area contributed by atoms with Crippen molar-refractivity contribution >= 4 is 11.6 Å². The van der Waals surface area contributed by atoms with Crippen LogP contribution in [0.5, 0.6) is 0 Å². The Morgan fingerprint density at radius 1 is 1.53 bits per heavy atom. The Kier molecular flexibility index (Phi) is 4.90. The largest absolute Gasteiger partial charge is 0.398 e. The van der Waals surface area contributed by atoms with Gasteiger partial charge >= 0.3 is 0 Å². The van der Waals surface area contributed by atoms with Crippen molar-refractivity contribution in [3.63, 3.8) is 0 Å². The number of hydrogen-bond donors (Lipinski definition) is 2. The lowest BCUT2D eigenvalue weighted by atomic mass is 10.1. The third kappa shape index (κ3) is 4.40. The zero-order chi connectivity index (χ0) is 12.8. The van der Waals surface area contributed by atoms with E-state index in [9.17, 15) is 9.18 Å². The Balaban J connectivity index is 2.58. The Bertz CT molecular complexity index is 395. The van der Waals surface area contributed by atoms with E-state index in [-0.39, 0.29) is 18.3 Å². The second-order valence-corrected chi connectivity index (χ2v) is 3.97. The molecular formula is C12H18FN3O. The maximum atomic E-state index is 13.0. The molecule has 0 saturated heterocycles. The highest BCUT2D eigenvalue weighted by Gasteiger charge is 2.08. The molecule has 4 nitrogen and oxygen atoms in total. The number of rotatable bonds is 5. The van der Waals surface area contributed by atoms with Crippen molar-refractivity contribution in [2.75, 3.05) is 25.9 Å². The third-order valence-corrected chi connectivity index (χ3v) is 2.33. The summed E-state index contributed by atoms with van der Waals surface area (Å²) < 4.78 is 13.0. The molecule has 3 N–H and O–H groups in total. The quantitative estimate of drug-likeness (QED) is 0.753. The summed E-state index contributed by atoms with van der Waals surface area (Å²) in [5, 5.41) is 2.70. The first-order valence-corrected chi connectivity index (χ1v) is 5.52. The fraction of sp³-hybridized carbons (Fsp3) is 0.417. The second kappa shape index (κ2) is 6.20. The summed E-state index contributed by atoms with van der Waals surface area (Å²) in [5.41, 5.74) is 6.96. The van der Waals surface area contributed by atoms with Crippen LogP contribution in [0.25, 0.3) is 0 Å². The minimum atomic E-state index is -0.319. The highest BCUT2D eigenvalue weighted by molar-refractivity contribution is 5.77. The van der Waals surface area contributed by atoms with E-state index in [4.69, 9.17) is 5.73 Å². The van der Waals surface area contributed by atoms with E-state index < -0.39 is 0 Å². The number of benzene rings is 1. The van der Waals surface area contributed by atoms with Crippen molar-refractivity contribution in [3.05, 3.63) is 29.6 Å². The van der Waals surface area contributed by atoms with Gasteiger partial charge in [0.25, 0.3) is 0 Å². The summed E-state index contributed by atoms with van der Waals surface area (Å²) >= 11 is 0. The van der Waals surface area contributed by atoms with Crippen LogP contribution in [0, 0.1) is 5.82 Å². The lowest BCUT2D eigenvalue weighted by Crippen LogP contribution is -2.34. The first kappa shape index (κ1) is 13.4. The van der Waals surface area contributed by atoms with Gasteiger partial charge in [0.2, 0.25) is 5.91 Å². The maximum Gasteiger partial charge on any atom is 0.234 e. The van der Waals surface area contributed by atoms with Crippen LogP contribution < -0.4 is 11.1 Å². The third-order valence-electron chi connectivity index (χ3n) is 2.33. The van der Waals surface area contributed by atoms with Crippen LogP contribution in [0.2, 0.25) is 0 Å². The number of carbonyl (C=O) groups excluding carboxylic acids is 1. The van der Waals surface area contributed by atoms with Gasteiger partial charge in [0.05, 0.1) is 6.54 Å². The lowest BCUT2D eigenvalue weighted by molar-refractivity contribution is -0.121. The van der Waals surface area contributed by atoms with Gasteiger partial charge in [-0.05, 0) is 37.7 Å². The molecule has 17 heavy (non-hydrogen) atoms. The molecule has 5 heteroatoms. The van der Waals surface area contributed by atoms with Crippen molar-refractivity contribution < 1.29 is 9.18 Å². The predicted octanol–water partition coefficient (Wildman–Crippen LogP) is 0.976. The van der Waals surface area contributed by atoms with Crippen LogP contribution in [0.15, 0.2) is 18.2 Å². The highest BCUT2D eigenvalue weighted by Crippen LogP contribution is 2.14. The van der Waals surface area contributed by atoms with E-state index in [1.165, 1.54) is 18.2 Å². The molecule has 0 unspecified atom stereocenters. The zero-order valence-electron chi connectivity index (χ0n) is 10.2. The van der Waals surface area contributed by atoms with Crippen LogP contribution in [-0.4, -0.2) is 30.9 Å². The van der Waals surface area contributed by atoms with Gasteiger partial charge in [-0.15, -0.1) is 0 Å². The van der Waals surface area contributed by atoms with E-state index >= 15 is 0 Å². The maximum absolute atomic E-state index is 13.0. The summed E-state index contributed by atoms with van der Waals surface area (Å²) in [6, 6.07) is 4.25. The Labute approximate surface area is 101 Å². The molecule has 0 atom stereocenters. The van der Waals surface area contributed by atoms with Crippen molar-refractivity contribution in [2.24, 2.45) is 0 Å². The first-order chi connectivity index (χ1) is 8.02. The number of amides is 1. The molecule has 1 aromatic rings. The molecule has 1 rings (SSSR count). The topological polar surface area (TPSA) is 58.4 Å². The fourth-order valence-electron chi connectivity index (χ4n) is 1.56. The summed E-state index contributed by atoms with van der Waals surface area (Å²) in [6.45, 7) is 3.18. The molecular weight excluding hydrogens is 221 g/mol. The van der Waals surface area contributed by atoms with Crippen molar-refractivity contribution in [1.82, 2.24) is 10.2 Å². The minimum absolute atomic E-state index is 0.0509. The van der Waals surface area contributed by atoms with Gasteiger partial charge in [-0.1, -0.05) is 0 Å². The molecule has 0 fully saturated rings. The van der Waals surface area contributed by atoms with E-state index in [1.807, 2.05) is 6.92 Å². The van der Waals surface area contributed by atoms with Gasteiger partial charge in [0.1, 0.15) is 5.82 Å². The van der Waals surface area contributed by atoms with Crippen molar-refractivity contribution in [2.45, 2.75) is 13.5 Å². The number of hydrogen-bond acceptors (Lipinski definition) is 3. The molecule has 0 heterocycles. The molecule has 0 aromatic heterocycles. The van der Waals surface area contributed by atoms with Crippen LogP contribution in [0.3, 0.4) is 0 Å². The van der Waals surface area contributed by atoms with Crippen LogP contribution in [0.4, 0.5) is 10.1 Å². The average molecular weight is 239 g/mol. The SMILES string of the molecule is CCNC(=O)CN(C)Cc1cc(F)ccc1N. The molecule has 94 valence electrons. The van der Waals surface area contributed by atoms with Gasteiger partial charge in [0, 0.05) is 18.8 Å². The number of halogens is 1. The van der Waals surface area contributed by atoms with Gasteiger partial charge in [-0.2, -0.15) is 0 Å². The summed E-state index contributed by atoms with van der Waals surface area (Å²) in [6.07, 6.45) is 0. The minimum Gasteiger partial charge on any atom is -0.398 e. The lowest BCUT2D eigenvalue weighted by Gasteiger charge is -2.17. The van der Waals surface area contributed by atoms with Gasteiger partial charge in [-0.3, -0.25) is 9.69 Å². The average Bonchev–Trinajstić information content (AvgIpc) is 2.23. The number of nitrogen functional groups attached to an aromatic ring is 1. The molecule has 0 spiro atoms. The first-order valence-electron chi connectivity index (χ1n) is 5.52. The molecule has 1 amide bonds. The normalized spacial score (nSPS) is 10.6. The Morgan fingerprint density at radius 3 is 2.88 bits per heavy atom. The molecule has 1 aromatic carbocycles. The Morgan fingerprint density at radius 2 is 2.24 bits per heavy atom. The molecule has 0 bridgehead atoms. The number of anilines is 1. The number of likely N-dealkylation sites (N-methyl/N-ethyl adjacent to an activating group) is 2. The number of nitrogens with two attached hydrogens (primary N) is 1. The predicted molar refractivity (Wildman–Crippen MR) is 65.8 cm³/mol. The number of carbonyl (C=O) groups is 1. The van der Waals surface area contributed by atoms with Crippen LogP contribution >= 0.6 is 0 Å². The van der Waals surface area contributed by atoms with Gasteiger partial charge < -0.3 is 11.1 Å². The zero-order valence-corrected chi connectivity index (χ0v) is 10.2. The number of nitrogens with one attached hydrogen (secondary N) is 1. The summed E-state index contributed by atoms with van der Waals surface area (Å²) in [7, 11) is 1.79. The molecule has 0 aliphatic rings. The van der Waals surface area contributed by atoms with Crippen molar-refractivity contribution in [1.29, 1.82) is 0 Å². The van der Waals surface area contributed by atoms with Gasteiger partial charge in [0.15, 0.2) is 0 Å². The number of nitrogens with zero attached hydrogens (tertiary/aromatic N) is 1. The highest BCUT2D eigenvalue weighted by atomic mass is 19.1. The van der Waals surface area contributed by atoms with Crippen LogP contribution in [0.1, 0.15) is 12.5 Å². The van der Waals surface area contributed by atoms with Crippen molar-refractivity contribution in [3.8, 4) is 0 Å². The standard InChI is InChI=1S/C12H18FN3O/c1-3-15-12(17)8-16(2)7-9-6-10(13)4-5-11(9)14/h4-6H,3,7-8,14H2,1-2H3,(H,15,17). The monoisotopic (exact) mass is 239 g/mol. The van der Waals surface area contributed by atoms with E-state index in [2.05, 4.69) is 5.32 Å². The fourth-order valence-corrected chi connectivity index (χ4v) is 1.56. The molecule has 0 radical (unpaired) electrons. The molecule has 0 aliphatic heterocycles.